The third kappa shape index (κ3) is 2.48. The van der Waals surface area contributed by atoms with Gasteiger partial charge in [0.15, 0.2) is 11.6 Å². The quantitative estimate of drug-likeness (QED) is 0.937. The van der Waals surface area contributed by atoms with Crippen LogP contribution in [0.15, 0.2) is 18.2 Å². The van der Waals surface area contributed by atoms with Crippen molar-refractivity contribution in [2.75, 3.05) is 5.32 Å². The Labute approximate surface area is 114 Å². The highest BCUT2D eigenvalue weighted by molar-refractivity contribution is 5.47. The highest BCUT2D eigenvalue weighted by Crippen LogP contribution is 2.22. The molecule has 0 radical (unpaired) electrons. The molecule has 0 amide bonds. The molecule has 0 atom stereocenters. The van der Waals surface area contributed by atoms with Crippen molar-refractivity contribution in [3.05, 3.63) is 52.6 Å². The zero-order valence-corrected chi connectivity index (χ0v) is 11.0. The van der Waals surface area contributed by atoms with Crippen molar-refractivity contribution in [3.63, 3.8) is 0 Å². The van der Waals surface area contributed by atoms with Crippen molar-refractivity contribution in [1.29, 1.82) is 5.26 Å². The molecule has 1 aromatic heterocycles. The molecule has 20 heavy (non-hydrogen) atoms. The summed E-state index contributed by atoms with van der Waals surface area (Å²) in [6.45, 7) is 1.94. The molecule has 1 N–H and O–H groups in total. The van der Waals surface area contributed by atoms with Gasteiger partial charge in [0.05, 0.1) is 0 Å². The molecule has 0 aliphatic heterocycles. The van der Waals surface area contributed by atoms with Crippen LogP contribution in [0.3, 0.4) is 0 Å². The van der Waals surface area contributed by atoms with E-state index in [-0.39, 0.29) is 12.2 Å². The Hall–Kier alpha value is -2.42. The molecule has 0 aliphatic carbocycles. The Bertz CT molecular complexity index is 675. The highest BCUT2D eigenvalue weighted by Gasteiger charge is 2.13. The Kier molecular flexibility index (Phi) is 3.70. The molecule has 1 heterocycles. The second-order valence-corrected chi connectivity index (χ2v) is 4.41. The van der Waals surface area contributed by atoms with Gasteiger partial charge >= 0.3 is 0 Å². The van der Waals surface area contributed by atoms with Crippen molar-refractivity contribution >= 4 is 5.69 Å². The fraction of sp³-hybridized carbons (Fsp3) is 0.214. The van der Waals surface area contributed by atoms with Gasteiger partial charge in [-0.15, -0.1) is 0 Å². The number of hydrogen-bond acceptors (Lipinski definition) is 2. The standard InChI is InChI=1S/C14H12F3N3/c1-8-9(3-11(6-18)20(8)2)7-19-14-12(16)4-10(15)5-13(14)17/h3-5,19H,7H2,1-2H3. The molecule has 0 fully saturated rings. The van der Waals surface area contributed by atoms with Crippen LogP contribution in [0, 0.1) is 35.7 Å². The van der Waals surface area contributed by atoms with Crippen molar-refractivity contribution in [2.24, 2.45) is 7.05 Å². The molecular formula is C14H12F3N3. The van der Waals surface area contributed by atoms with Gasteiger partial charge in [-0.25, -0.2) is 13.2 Å². The third-order valence-electron chi connectivity index (χ3n) is 3.22. The van der Waals surface area contributed by atoms with Crippen LogP contribution in [0.1, 0.15) is 17.0 Å². The van der Waals surface area contributed by atoms with E-state index >= 15 is 0 Å². The lowest BCUT2D eigenvalue weighted by Gasteiger charge is -2.09. The number of benzene rings is 1. The van der Waals surface area contributed by atoms with Crippen LogP contribution in [0.4, 0.5) is 18.9 Å². The number of nitrogens with zero attached hydrogens (tertiary/aromatic N) is 2. The maximum atomic E-state index is 13.5. The number of anilines is 1. The third-order valence-corrected chi connectivity index (χ3v) is 3.22. The first-order valence-electron chi connectivity index (χ1n) is 5.87. The summed E-state index contributed by atoms with van der Waals surface area (Å²) in [7, 11) is 1.73. The van der Waals surface area contributed by atoms with Gasteiger partial charge in [-0.05, 0) is 18.6 Å². The molecule has 1 aromatic carbocycles. The van der Waals surface area contributed by atoms with Gasteiger partial charge in [0.1, 0.15) is 23.3 Å². The van der Waals surface area contributed by atoms with Gasteiger partial charge in [-0.2, -0.15) is 5.26 Å². The van der Waals surface area contributed by atoms with Crippen molar-refractivity contribution in [2.45, 2.75) is 13.5 Å². The summed E-state index contributed by atoms with van der Waals surface area (Å²) in [4.78, 5) is 0. The minimum Gasteiger partial charge on any atom is -0.376 e. The van der Waals surface area contributed by atoms with Gasteiger partial charge in [-0.3, -0.25) is 0 Å². The molecule has 104 valence electrons. The molecule has 0 bridgehead atoms. The lowest BCUT2D eigenvalue weighted by molar-refractivity contribution is 0.547. The Morgan fingerprint density at radius 2 is 1.80 bits per heavy atom. The SMILES string of the molecule is Cc1c(CNc2c(F)cc(F)cc2F)cc(C#N)n1C. The van der Waals surface area contributed by atoms with Crippen LogP contribution < -0.4 is 5.32 Å². The highest BCUT2D eigenvalue weighted by atomic mass is 19.1. The monoisotopic (exact) mass is 279 g/mol. The molecule has 0 aliphatic rings. The number of rotatable bonds is 3. The van der Waals surface area contributed by atoms with Crippen LogP contribution in [0.2, 0.25) is 0 Å². The Balaban J connectivity index is 2.24. The fourth-order valence-corrected chi connectivity index (χ4v) is 1.94. The maximum Gasteiger partial charge on any atom is 0.152 e. The van der Waals surface area contributed by atoms with Crippen LogP contribution in [0.25, 0.3) is 0 Å². The zero-order chi connectivity index (χ0) is 14.9. The number of halogens is 3. The van der Waals surface area contributed by atoms with E-state index in [0.717, 1.165) is 11.3 Å². The summed E-state index contributed by atoms with van der Waals surface area (Å²) >= 11 is 0. The van der Waals surface area contributed by atoms with Crippen LogP contribution >= 0.6 is 0 Å². The van der Waals surface area contributed by atoms with Crippen molar-refractivity contribution < 1.29 is 13.2 Å². The summed E-state index contributed by atoms with van der Waals surface area (Å²) in [5, 5.41) is 11.5. The Morgan fingerprint density at radius 1 is 1.20 bits per heavy atom. The lowest BCUT2D eigenvalue weighted by Crippen LogP contribution is -2.05. The summed E-state index contributed by atoms with van der Waals surface area (Å²) in [6, 6.07) is 4.89. The molecule has 0 spiro atoms. The van der Waals surface area contributed by atoms with E-state index in [2.05, 4.69) is 5.32 Å². The number of hydrogen-bond donors (Lipinski definition) is 1. The van der Waals surface area contributed by atoms with E-state index in [1.165, 1.54) is 0 Å². The first kappa shape index (κ1) is 14.0. The van der Waals surface area contributed by atoms with Crippen LogP contribution in [0.5, 0.6) is 0 Å². The topological polar surface area (TPSA) is 40.8 Å². The first-order chi connectivity index (χ1) is 9.43. The average Bonchev–Trinajstić information content (AvgIpc) is 2.65. The molecule has 2 rings (SSSR count). The van der Waals surface area contributed by atoms with Gasteiger partial charge in [0.25, 0.3) is 0 Å². The molecule has 0 saturated carbocycles. The van der Waals surface area contributed by atoms with Crippen molar-refractivity contribution in [1.82, 2.24) is 4.57 Å². The lowest BCUT2D eigenvalue weighted by atomic mass is 10.2. The largest absolute Gasteiger partial charge is 0.376 e. The van der Waals surface area contributed by atoms with Crippen LogP contribution in [-0.2, 0) is 13.6 Å². The minimum absolute atomic E-state index is 0.140. The molecule has 6 heteroatoms. The fourth-order valence-electron chi connectivity index (χ4n) is 1.94. The number of aromatic nitrogens is 1. The molecule has 0 saturated heterocycles. The van der Waals surface area contributed by atoms with Gasteiger partial charge < -0.3 is 9.88 Å². The second kappa shape index (κ2) is 5.29. The zero-order valence-electron chi connectivity index (χ0n) is 11.0. The first-order valence-corrected chi connectivity index (χ1v) is 5.87. The summed E-state index contributed by atoms with van der Waals surface area (Å²) < 4.78 is 41.4. The average molecular weight is 279 g/mol. The number of nitrogens with one attached hydrogen (secondary N) is 1. The summed E-state index contributed by atoms with van der Waals surface area (Å²) in [5.74, 6) is -2.94. The Morgan fingerprint density at radius 3 is 2.30 bits per heavy atom. The predicted octanol–water partition coefficient (Wildman–Crippen LogP) is 3.23. The second-order valence-electron chi connectivity index (χ2n) is 4.41. The summed E-state index contributed by atoms with van der Waals surface area (Å²) in [6.07, 6.45) is 0. The van der Waals surface area contributed by atoms with Gasteiger partial charge in [-0.1, -0.05) is 0 Å². The van der Waals surface area contributed by atoms with E-state index in [9.17, 15) is 13.2 Å². The predicted molar refractivity (Wildman–Crippen MR) is 68.5 cm³/mol. The summed E-state index contributed by atoms with van der Waals surface area (Å²) in [5.41, 5.74) is 1.64. The maximum absolute atomic E-state index is 13.5. The van der Waals surface area contributed by atoms with E-state index in [1.807, 2.05) is 6.07 Å². The van der Waals surface area contributed by atoms with Crippen LogP contribution in [-0.4, -0.2) is 4.57 Å². The molecule has 0 unspecified atom stereocenters. The molecule has 3 nitrogen and oxygen atoms in total. The normalized spacial score (nSPS) is 10.4. The van der Waals surface area contributed by atoms with Gasteiger partial charge in [0.2, 0.25) is 0 Å². The number of nitriles is 1. The van der Waals surface area contributed by atoms with E-state index in [1.54, 1.807) is 24.6 Å². The van der Waals surface area contributed by atoms with Gasteiger partial charge in [0, 0.05) is 31.4 Å². The minimum atomic E-state index is -0.989. The smallest absolute Gasteiger partial charge is 0.152 e. The molecule has 2 aromatic rings. The molecular weight excluding hydrogens is 267 g/mol. The van der Waals surface area contributed by atoms with E-state index in [0.29, 0.717) is 17.8 Å². The van der Waals surface area contributed by atoms with Crippen molar-refractivity contribution in [3.8, 4) is 6.07 Å². The van der Waals surface area contributed by atoms with E-state index < -0.39 is 17.5 Å². The van der Waals surface area contributed by atoms with E-state index in [4.69, 9.17) is 5.26 Å².